The molecule has 0 saturated carbocycles. The molecule has 0 radical (unpaired) electrons. The SMILES string of the molecule is Cc1cccc(C)c1-c1cc2nc(n1)NS(=O)(=O)c1cccc(c1)C(=O)N1CCN(Cc3ccc(C#N)cc3)C[C@@H]1CO2. The molecule has 10 nitrogen and oxygen atoms in total. The molecule has 0 aliphatic carbocycles. The second-order valence-corrected chi connectivity index (χ2v) is 12.5. The van der Waals surface area contributed by atoms with Gasteiger partial charge in [0, 0.05) is 43.4 Å². The number of rotatable bonds is 3. The molecular formula is C32H30N6O4S. The fourth-order valence-electron chi connectivity index (χ4n) is 5.63. The molecule has 11 heteroatoms. The summed E-state index contributed by atoms with van der Waals surface area (Å²) in [5, 5.41) is 9.13. The predicted molar refractivity (Wildman–Crippen MR) is 161 cm³/mol. The van der Waals surface area contributed by atoms with Crippen molar-refractivity contribution in [3.63, 3.8) is 0 Å². The maximum absolute atomic E-state index is 13.8. The number of nitriles is 1. The van der Waals surface area contributed by atoms with E-state index >= 15 is 0 Å². The highest BCUT2D eigenvalue weighted by molar-refractivity contribution is 7.92. The Kier molecular flexibility index (Phi) is 7.56. The summed E-state index contributed by atoms with van der Waals surface area (Å²) >= 11 is 0. The zero-order chi connectivity index (χ0) is 30.1. The Morgan fingerprint density at radius 1 is 1.00 bits per heavy atom. The summed E-state index contributed by atoms with van der Waals surface area (Å²) in [6, 6.07) is 22.9. The third kappa shape index (κ3) is 5.93. The van der Waals surface area contributed by atoms with Crippen LogP contribution in [0.3, 0.4) is 0 Å². The van der Waals surface area contributed by atoms with Gasteiger partial charge in [0.1, 0.15) is 6.61 Å². The number of anilines is 1. The molecule has 6 rings (SSSR count). The van der Waals surface area contributed by atoms with E-state index in [1.165, 1.54) is 12.1 Å². The number of amides is 1. The molecule has 1 fully saturated rings. The molecule has 1 saturated heterocycles. The van der Waals surface area contributed by atoms with Crippen molar-refractivity contribution in [2.24, 2.45) is 0 Å². The first-order valence-corrected chi connectivity index (χ1v) is 15.4. The Morgan fingerprint density at radius 3 is 2.49 bits per heavy atom. The summed E-state index contributed by atoms with van der Waals surface area (Å²) < 4.78 is 35.6. The summed E-state index contributed by atoms with van der Waals surface area (Å²) in [5.41, 5.74) is 5.29. The number of carbonyl (C=O) groups excluding carboxylic acids is 1. The van der Waals surface area contributed by atoms with Crippen LogP contribution in [-0.4, -0.2) is 66.4 Å². The molecule has 0 spiro atoms. The van der Waals surface area contributed by atoms with Crippen molar-refractivity contribution in [3.8, 4) is 23.2 Å². The van der Waals surface area contributed by atoms with Gasteiger partial charge in [-0.3, -0.25) is 9.69 Å². The van der Waals surface area contributed by atoms with Crippen LogP contribution in [0.25, 0.3) is 11.3 Å². The number of nitrogens with zero attached hydrogens (tertiary/aromatic N) is 5. The lowest BCUT2D eigenvalue weighted by atomic mass is 10.00. The lowest BCUT2D eigenvalue weighted by Crippen LogP contribution is -2.57. The first-order valence-electron chi connectivity index (χ1n) is 13.9. The minimum absolute atomic E-state index is 0.0582. The van der Waals surface area contributed by atoms with Crippen LogP contribution in [0.5, 0.6) is 5.88 Å². The topological polar surface area (TPSA) is 129 Å². The van der Waals surface area contributed by atoms with Crippen molar-refractivity contribution in [3.05, 3.63) is 101 Å². The van der Waals surface area contributed by atoms with Crippen LogP contribution in [0.4, 0.5) is 5.95 Å². The maximum atomic E-state index is 13.8. The monoisotopic (exact) mass is 594 g/mol. The largest absolute Gasteiger partial charge is 0.475 e. The quantitative estimate of drug-likeness (QED) is 0.375. The van der Waals surface area contributed by atoms with Crippen LogP contribution in [0.2, 0.25) is 0 Å². The van der Waals surface area contributed by atoms with Crippen LogP contribution >= 0.6 is 0 Å². The van der Waals surface area contributed by atoms with Crippen LogP contribution in [0.1, 0.15) is 32.6 Å². The van der Waals surface area contributed by atoms with Gasteiger partial charge in [-0.2, -0.15) is 10.2 Å². The number of sulfonamides is 1. The maximum Gasteiger partial charge on any atom is 0.264 e. The van der Waals surface area contributed by atoms with Crippen molar-refractivity contribution in [1.82, 2.24) is 19.8 Å². The summed E-state index contributed by atoms with van der Waals surface area (Å²) in [6.45, 7) is 6.31. The lowest BCUT2D eigenvalue weighted by Gasteiger charge is -2.41. The van der Waals surface area contributed by atoms with Gasteiger partial charge in [-0.15, -0.1) is 0 Å². The standard InChI is InChI=1S/C32H30N6O4S/c1-21-5-3-6-22(2)30(21)28-16-29-35-32(34-28)36-43(40,41)27-8-4-7-25(15-27)31(39)38-14-13-37(19-26(38)20-42-29)18-24-11-9-23(17-33)10-12-24/h3-12,15-16,26H,13-14,18-20H2,1-2H3,(H,34,35,36)/t26-/m1/s1. The molecule has 3 aromatic carbocycles. The smallest absolute Gasteiger partial charge is 0.264 e. The number of benzene rings is 3. The van der Waals surface area contributed by atoms with Gasteiger partial charge < -0.3 is 9.64 Å². The summed E-state index contributed by atoms with van der Waals surface area (Å²) in [5.74, 6) is -0.182. The number of carbonyl (C=O) groups is 1. The average Bonchev–Trinajstić information content (AvgIpc) is 3.00. The van der Waals surface area contributed by atoms with E-state index in [-0.39, 0.29) is 40.8 Å². The van der Waals surface area contributed by atoms with Crippen molar-refractivity contribution in [1.29, 1.82) is 5.26 Å². The minimum atomic E-state index is -4.11. The zero-order valence-electron chi connectivity index (χ0n) is 23.8. The Bertz CT molecular complexity index is 1830. The highest BCUT2D eigenvalue weighted by atomic mass is 32.2. The Balaban J connectivity index is 1.39. The molecule has 1 amide bonds. The van der Waals surface area contributed by atoms with Gasteiger partial charge in [0.25, 0.3) is 15.9 Å². The molecule has 1 atom stereocenters. The number of fused-ring (bicyclic) bond motifs is 5. The molecule has 1 aromatic heterocycles. The fourth-order valence-corrected chi connectivity index (χ4v) is 6.62. The third-order valence-electron chi connectivity index (χ3n) is 7.80. The first kappa shape index (κ1) is 28.3. The number of piperazine rings is 1. The average molecular weight is 595 g/mol. The van der Waals surface area contributed by atoms with E-state index < -0.39 is 10.0 Å². The van der Waals surface area contributed by atoms with E-state index in [9.17, 15) is 13.2 Å². The van der Waals surface area contributed by atoms with Gasteiger partial charge in [0.05, 0.1) is 28.3 Å². The molecule has 218 valence electrons. The number of nitrogens with one attached hydrogen (secondary N) is 1. The number of hydrogen-bond donors (Lipinski definition) is 1. The molecular weight excluding hydrogens is 564 g/mol. The van der Waals surface area contributed by atoms with Crippen LogP contribution in [0, 0.1) is 25.2 Å². The van der Waals surface area contributed by atoms with E-state index in [0.29, 0.717) is 37.4 Å². The van der Waals surface area contributed by atoms with Gasteiger partial charge in [-0.25, -0.2) is 18.1 Å². The van der Waals surface area contributed by atoms with Gasteiger partial charge in [-0.1, -0.05) is 36.4 Å². The molecule has 43 heavy (non-hydrogen) atoms. The van der Waals surface area contributed by atoms with Gasteiger partial charge in [0.2, 0.25) is 11.8 Å². The van der Waals surface area contributed by atoms with Gasteiger partial charge in [-0.05, 0) is 60.9 Å². The second kappa shape index (κ2) is 11.5. The van der Waals surface area contributed by atoms with Crippen molar-refractivity contribution >= 4 is 21.9 Å². The summed E-state index contributed by atoms with van der Waals surface area (Å²) in [6.07, 6.45) is 0. The zero-order valence-corrected chi connectivity index (χ0v) is 24.6. The fraction of sp³-hybridized carbons (Fsp3) is 0.250. The van der Waals surface area contributed by atoms with Crippen molar-refractivity contribution < 1.29 is 17.9 Å². The third-order valence-corrected chi connectivity index (χ3v) is 9.12. The highest BCUT2D eigenvalue weighted by Gasteiger charge is 2.33. The van der Waals surface area contributed by atoms with Crippen LogP contribution in [0.15, 0.2) is 77.7 Å². The minimum Gasteiger partial charge on any atom is -0.475 e. The Morgan fingerprint density at radius 2 is 1.74 bits per heavy atom. The predicted octanol–water partition coefficient (Wildman–Crippen LogP) is 4.15. The Labute approximate surface area is 250 Å². The molecule has 4 aromatic rings. The number of aromatic nitrogens is 2. The number of aryl methyl sites for hydroxylation is 2. The highest BCUT2D eigenvalue weighted by Crippen LogP contribution is 2.30. The van der Waals surface area contributed by atoms with Gasteiger partial charge in [0.15, 0.2) is 0 Å². The van der Waals surface area contributed by atoms with Crippen molar-refractivity contribution in [2.75, 3.05) is 31.0 Å². The molecule has 2 aliphatic rings. The Hall–Kier alpha value is -4.79. The molecule has 2 aliphatic heterocycles. The molecule has 1 N–H and O–H groups in total. The van der Waals surface area contributed by atoms with Crippen molar-refractivity contribution in [2.45, 2.75) is 31.3 Å². The molecule has 4 bridgehead atoms. The second-order valence-electron chi connectivity index (χ2n) is 10.8. The molecule has 0 unspecified atom stereocenters. The molecule has 3 heterocycles. The van der Waals surface area contributed by atoms with E-state index in [1.807, 2.05) is 44.2 Å². The first-order chi connectivity index (χ1) is 20.7. The van der Waals surface area contributed by atoms with E-state index in [4.69, 9.17) is 10.00 Å². The normalized spacial score (nSPS) is 18.1. The number of hydrogen-bond acceptors (Lipinski definition) is 8. The van der Waals surface area contributed by atoms with Crippen LogP contribution in [-0.2, 0) is 16.6 Å². The summed E-state index contributed by atoms with van der Waals surface area (Å²) in [7, 11) is -4.11. The van der Waals surface area contributed by atoms with Crippen LogP contribution < -0.4 is 9.46 Å². The van der Waals surface area contributed by atoms with Gasteiger partial charge >= 0.3 is 0 Å². The van der Waals surface area contributed by atoms with E-state index in [0.717, 1.165) is 22.3 Å². The van der Waals surface area contributed by atoms with E-state index in [2.05, 4.69) is 25.7 Å². The number of ether oxygens (including phenoxy) is 1. The van der Waals surface area contributed by atoms with E-state index in [1.54, 1.807) is 35.2 Å². The lowest BCUT2D eigenvalue weighted by molar-refractivity contribution is 0.0310. The summed E-state index contributed by atoms with van der Waals surface area (Å²) in [4.78, 5) is 26.7.